The van der Waals surface area contributed by atoms with E-state index < -0.39 is 23.6 Å². The number of imide groups is 2. The summed E-state index contributed by atoms with van der Waals surface area (Å²) in [6.07, 6.45) is 2.62. The van der Waals surface area contributed by atoms with Crippen molar-refractivity contribution in [3.05, 3.63) is 35.4 Å². The van der Waals surface area contributed by atoms with Crippen LogP contribution in [0.5, 0.6) is 0 Å². The first-order chi connectivity index (χ1) is 13.6. The van der Waals surface area contributed by atoms with Gasteiger partial charge in [-0.3, -0.25) is 29.0 Å². The van der Waals surface area contributed by atoms with E-state index in [1.54, 1.807) is 0 Å². The Labute approximate surface area is 157 Å². The van der Waals surface area contributed by atoms with Gasteiger partial charge in [-0.25, -0.2) is 9.97 Å². The molecule has 2 aliphatic heterocycles. The van der Waals surface area contributed by atoms with Crippen LogP contribution >= 0.6 is 0 Å². The fourth-order valence-electron chi connectivity index (χ4n) is 2.99. The van der Waals surface area contributed by atoms with E-state index in [4.69, 9.17) is 9.47 Å². The van der Waals surface area contributed by atoms with E-state index in [-0.39, 0.29) is 62.3 Å². The predicted molar refractivity (Wildman–Crippen MR) is 89.5 cm³/mol. The third-order valence-electron chi connectivity index (χ3n) is 4.38. The second-order valence-electron chi connectivity index (χ2n) is 6.00. The van der Waals surface area contributed by atoms with Gasteiger partial charge in [-0.05, 0) is 0 Å². The number of carbonyl (C=O) groups excluding carboxylic acids is 4. The molecule has 0 atom stereocenters. The maximum Gasteiger partial charge on any atom is 0.281 e. The molecule has 12 nitrogen and oxygen atoms in total. The zero-order valence-corrected chi connectivity index (χ0v) is 14.6. The topological polar surface area (TPSA) is 151 Å². The molecule has 4 heterocycles. The van der Waals surface area contributed by atoms with E-state index in [2.05, 4.69) is 19.9 Å². The molecular weight excluding hydrogens is 372 g/mol. The summed E-state index contributed by atoms with van der Waals surface area (Å²) >= 11 is 0. The number of hydrogen-bond donors (Lipinski definition) is 2. The van der Waals surface area contributed by atoms with Crippen molar-refractivity contribution >= 4 is 23.6 Å². The number of carbonyl (C=O) groups is 4. The number of H-pyrrole nitrogens is 2. The Morgan fingerprint density at radius 3 is 1.50 bits per heavy atom. The van der Waals surface area contributed by atoms with Crippen LogP contribution in [-0.4, -0.2) is 92.9 Å². The van der Waals surface area contributed by atoms with Crippen LogP contribution in [0, 0.1) is 0 Å². The number of amides is 4. The van der Waals surface area contributed by atoms with E-state index >= 15 is 0 Å². The molecule has 4 amide bonds. The summed E-state index contributed by atoms with van der Waals surface area (Å²) in [5.74, 6) is -1.73. The third-order valence-corrected chi connectivity index (χ3v) is 4.38. The number of ether oxygens (including phenoxy) is 2. The molecule has 2 aliphatic rings. The number of hydrogen-bond acceptors (Lipinski definition) is 8. The summed E-state index contributed by atoms with van der Waals surface area (Å²) in [5, 5.41) is 0. The molecule has 28 heavy (non-hydrogen) atoms. The number of rotatable bonds is 9. The number of imidazole rings is 2. The van der Waals surface area contributed by atoms with Crippen LogP contribution in [0.4, 0.5) is 0 Å². The first kappa shape index (κ1) is 18.0. The van der Waals surface area contributed by atoms with E-state index in [0.717, 1.165) is 9.80 Å². The van der Waals surface area contributed by atoms with E-state index in [9.17, 15) is 19.2 Å². The van der Waals surface area contributed by atoms with Crippen LogP contribution in [0.3, 0.4) is 0 Å². The molecule has 0 bridgehead atoms. The lowest BCUT2D eigenvalue weighted by Gasteiger charge is -2.15. The van der Waals surface area contributed by atoms with Crippen LogP contribution in [-0.2, 0) is 9.47 Å². The van der Waals surface area contributed by atoms with Gasteiger partial charge in [0.1, 0.15) is 11.4 Å². The highest BCUT2D eigenvalue weighted by Gasteiger charge is 2.38. The van der Waals surface area contributed by atoms with E-state index in [1.165, 1.54) is 12.7 Å². The molecule has 2 aromatic rings. The van der Waals surface area contributed by atoms with Crippen molar-refractivity contribution in [2.75, 3.05) is 39.5 Å². The van der Waals surface area contributed by atoms with Crippen LogP contribution in [0.15, 0.2) is 12.7 Å². The van der Waals surface area contributed by atoms with Gasteiger partial charge in [0.05, 0.1) is 52.2 Å². The van der Waals surface area contributed by atoms with Gasteiger partial charge in [-0.15, -0.1) is 0 Å². The van der Waals surface area contributed by atoms with Crippen LogP contribution in [0.25, 0.3) is 0 Å². The number of aromatic amines is 2. The predicted octanol–water partition coefficient (Wildman–Crippen LogP) is -0.942. The van der Waals surface area contributed by atoms with Gasteiger partial charge in [-0.1, -0.05) is 0 Å². The molecule has 0 saturated carbocycles. The van der Waals surface area contributed by atoms with Crippen LogP contribution < -0.4 is 0 Å². The summed E-state index contributed by atoms with van der Waals surface area (Å²) in [4.78, 5) is 63.1. The van der Waals surface area contributed by atoms with Crippen molar-refractivity contribution in [1.29, 1.82) is 0 Å². The Morgan fingerprint density at radius 1 is 0.679 bits per heavy atom. The fourth-order valence-corrected chi connectivity index (χ4v) is 2.99. The Balaban J connectivity index is 1.10. The van der Waals surface area contributed by atoms with Gasteiger partial charge in [0.2, 0.25) is 0 Å². The lowest BCUT2D eigenvalue weighted by Crippen LogP contribution is -2.34. The number of fused-ring (bicyclic) bond motifs is 2. The molecule has 0 aliphatic carbocycles. The van der Waals surface area contributed by atoms with E-state index in [1.807, 2.05) is 0 Å². The van der Waals surface area contributed by atoms with Gasteiger partial charge in [-0.2, -0.15) is 0 Å². The summed E-state index contributed by atoms with van der Waals surface area (Å²) < 4.78 is 10.7. The normalized spacial score (nSPS) is 15.7. The Hall–Kier alpha value is -3.38. The summed E-state index contributed by atoms with van der Waals surface area (Å²) in [6, 6.07) is 0. The molecule has 2 aromatic heterocycles. The van der Waals surface area contributed by atoms with Gasteiger partial charge >= 0.3 is 0 Å². The van der Waals surface area contributed by atoms with Crippen molar-refractivity contribution in [2.45, 2.75) is 0 Å². The number of aromatic nitrogens is 4. The van der Waals surface area contributed by atoms with E-state index in [0.29, 0.717) is 0 Å². The minimum atomic E-state index is -0.444. The van der Waals surface area contributed by atoms with Crippen molar-refractivity contribution in [1.82, 2.24) is 29.7 Å². The highest BCUT2D eigenvalue weighted by Crippen LogP contribution is 2.19. The van der Waals surface area contributed by atoms with Crippen LogP contribution in [0.1, 0.15) is 42.0 Å². The highest BCUT2D eigenvalue weighted by molar-refractivity contribution is 6.20. The largest absolute Gasteiger partial charge is 0.377 e. The maximum absolute atomic E-state index is 12.0. The Kier molecular flexibility index (Phi) is 4.71. The third kappa shape index (κ3) is 2.97. The number of nitrogens with zero attached hydrogens (tertiary/aromatic N) is 4. The zero-order valence-electron chi connectivity index (χ0n) is 14.6. The van der Waals surface area contributed by atoms with Crippen LogP contribution in [0.2, 0.25) is 0 Å². The molecule has 0 spiro atoms. The fraction of sp³-hybridized carbons (Fsp3) is 0.375. The van der Waals surface area contributed by atoms with Crippen molar-refractivity contribution < 1.29 is 28.7 Å². The first-order valence-corrected chi connectivity index (χ1v) is 8.54. The number of nitrogens with one attached hydrogen (secondary N) is 2. The standard InChI is InChI=1S/C16H16N6O6/c23-13-9-10(18-7-17-9)14(24)21(13)1-3-27-5-6-28-4-2-22-15(25)11-12(16(22)26)20-8-19-11/h7-8H,1-6H2,(H,17,18)(H,19,20). The van der Waals surface area contributed by atoms with Crippen molar-refractivity contribution in [3.8, 4) is 0 Å². The van der Waals surface area contributed by atoms with Gasteiger partial charge in [0.15, 0.2) is 11.4 Å². The second kappa shape index (κ2) is 7.32. The average Bonchev–Trinajstić information content (AvgIpc) is 3.43. The quantitative estimate of drug-likeness (QED) is 0.413. The SMILES string of the molecule is O=C1c2nc[nH]c2C(=O)N1CCOCCOCCN1C(=O)c2nc[nH]c2C1=O. The molecular formula is C16H16N6O6. The maximum atomic E-state index is 12.0. The average molecular weight is 388 g/mol. The lowest BCUT2D eigenvalue weighted by molar-refractivity contribution is 0.0283. The molecule has 0 fully saturated rings. The molecule has 12 heteroatoms. The monoisotopic (exact) mass is 388 g/mol. The summed E-state index contributed by atoms with van der Waals surface area (Å²) in [6.45, 7) is 1.03. The van der Waals surface area contributed by atoms with Gasteiger partial charge in [0, 0.05) is 0 Å². The van der Waals surface area contributed by atoms with Crippen molar-refractivity contribution in [3.63, 3.8) is 0 Å². The highest BCUT2D eigenvalue weighted by atomic mass is 16.5. The van der Waals surface area contributed by atoms with Gasteiger partial charge < -0.3 is 19.4 Å². The molecule has 0 saturated heterocycles. The molecule has 0 aromatic carbocycles. The molecule has 0 unspecified atom stereocenters. The summed E-state index contributed by atoms with van der Waals surface area (Å²) in [5.41, 5.74) is 0.641. The van der Waals surface area contributed by atoms with Gasteiger partial charge in [0.25, 0.3) is 23.6 Å². The summed E-state index contributed by atoms with van der Waals surface area (Å²) in [7, 11) is 0. The molecule has 146 valence electrons. The minimum absolute atomic E-state index is 0.114. The lowest BCUT2D eigenvalue weighted by atomic mass is 10.4. The smallest absolute Gasteiger partial charge is 0.281 e. The minimum Gasteiger partial charge on any atom is -0.377 e. The Morgan fingerprint density at radius 2 is 1.11 bits per heavy atom. The van der Waals surface area contributed by atoms with Crippen molar-refractivity contribution in [2.24, 2.45) is 0 Å². The zero-order chi connectivity index (χ0) is 19.7. The molecule has 0 radical (unpaired) electrons. The Bertz CT molecular complexity index is 812. The second-order valence-corrected chi connectivity index (χ2v) is 6.00. The first-order valence-electron chi connectivity index (χ1n) is 8.54. The molecule has 2 N–H and O–H groups in total. The molecule has 4 rings (SSSR count).